The Morgan fingerprint density at radius 2 is 1.90 bits per heavy atom. The van der Waals surface area contributed by atoms with Gasteiger partial charge in [-0.15, -0.1) is 0 Å². The fourth-order valence-electron chi connectivity index (χ4n) is 2.74. The van der Waals surface area contributed by atoms with Gasteiger partial charge in [0.2, 0.25) is 0 Å². The Bertz CT molecular complexity index is 624. The van der Waals surface area contributed by atoms with Crippen molar-refractivity contribution < 1.29 is 14.3 Å². The third kappa shape index (κ3) is 2.36. The van der Waals surface area contributed by atoms with Gasteiger partial charge in [0.1, 0.15) is 11.4 Å². The van der Waals surface area contributed by atoms with E-state index in [2.05, 4.69) is 18.2 Å². The highest BCUT2D eigenvalue weighted by Gasteiger charge is 2.42. The van der Waals surface area contributed by atoms with E-state index in [1.165, 1.54) is 7.11 Å². The van der Waals surface area contributed by atoms with Crippen molar-refractivity contribution in [3.8, 4) is 5.75 Å². The van der Waals surface area contributed by atoms with Crippen LogP contribution in [-0.2, 0) is 9.53 Å². The molecular formula is C17H18O3. The third-order valence-electron chi connectivity index (χ3n) is 4.04. The van der Waals surface area contributed by atoms with E-state index in [0.717, 1.165) is 35.8 Å². The van der Waals surface area contributed by atoms with Crippen LogP contribution in [0, 0.1) is 0 Å². The van der Waals surface area contributed by atoms with Gasteiger partial charge < -0.3 is 9.47 Å². The Hall–Kier alpha value is -2.03. The standard InChI is InChI=1S/C17H18O3/c1-19-16(18)12-17(10-5-11-17)20-15-9-4-7-13-6-2-3-8-14(13)15/h2-4,6-9H,5,10-12H2,1H3. The molecule has 0 spiro atoms. The number of fused-ring (bicyclic) bond motifs is 1. The Kier molecular flexibility index (Phi) is 3.35. The lowest BCUT2D eigenvalue weighted by molar-refractivity contribution is -0.148. The van der Waals surface area contributed by atoms with Crippen LogP contribution in [-0.4, -0.2) is 18.7 Å². The van der Waals surface area contributed by atoms with Crippen molar-refractivity contribution >= 4 is 16.7 Å². The van der Waals surface area contributed by atoms with Gasteiger partial charge in [-0.25, -0.2) is 0 Å². The van der Waals surface area contributed by atoms with E-state index in [9.17, 15) is 4.79 Å². The number of carbonyl (C=O) groups is 1. The summed E-state index contributed by atoms with van der Waals surface area (Å²) in [6.45, 7) is 0. The smallest absolute Gasteiger partial charge is 0.309 e. The molecule has 0 aromatic heterocycles. The predicted octanol–water partition coefficient (Wildman–Crippen LogP) is 3.70. The maximum absolute atomic E-state index is 11.6. The van der Waals surface area contributed by atoms with Crippen molar-refractivity contribution in [3.05, 3.63) is 42.5 Å². The van der Waals surface area contributed by atoms with E-state index >= 15 is 0 Å². The quantitative estimate of drug-likeness (QED) is 0.795. The molecule has 1 saturated carbocycles. The van der Waals surface area contributed by atoms with Crippen LogP contribution >= 0.6 is 0 Å². The van der Waals surface area contributed by atoms with Gasteiger partial charge in [-0.2, -0.15) is 0 Å². The summed E-state index contributed by atoms with van der Waals surface area (Å²) in [4.78, 5) is 11.6. The molecule has 104 valence electrons. The van der Waals surface area contributed by atoms with E-state index < -0.39 is 0 Å². The van der Waals surface area contributed by atoms with Gasteiger partial charge in [-0.1, -0.05) is 36.4 Å². The average Bonchev–Trinajstić information content (AvgIpc) is 2.45. The third-order valence-corrected chi connectivity index (χ3v) is 4.04. The number of ether oxygens (including phenoxy) is 2. The first-order valence-corrected chi connectivity index (χ1v) is 6.96. The molecule has 2 aromatic carbocycles. The van der Waals surface area contributed by atoms with Crippen LogP contribution in [0.2, 0.25) is 0 Å². The number of esters is 1. The largest absolute Gasteiger partial charge is 0.486 e. The summed E-state index contributed by atoms with van der Waals surface area (Å²) in [7, 11) is 1.42. The van der Waals surface area contributed by atoms with E-state index in [1.807, 2.05) is 24.3 Å². The summed E-state index contributed by atoms with van der Waals surface area (Å²) in [5.74, 6) is 0.650. The molecule has 0 saturated heterocycles. The number of benzene rings is 2. The average molecular weight is 270 g/mol. The molecule has 0 heterocycles. The first kappa shape index (κ1) is 13.0. The van der Waals surface area contributed by atoms with Gasteiger partial charge in [0.05, 0.1) is 13.5 Å². The van der Waals surface area contributed by atoms with Crippen molar-refractivity contribution in [1.29, 1.82) is 0 Å². The molecular weight excluding hydrogens is 252 g/mol. The monoisotopic (exact) mass is 270 g/mol. The summed E-state index contributed by atoms with van der Waals surface area (Å²) in [6.07, 6.45) is 3.24. The van der Waals surface area contributed by atoms with Crippen molar-refractivity contribution in [3.63, 3.8) is 0 Å². The summed E-state index contributed by atoms with van der Waals surface area (Å²) < 4.78 is 11.0. The molecule has 1 fully saturated rings. The first-order valence-electron chi connectivity index (χ1n) is 6.96. The second-order valence-corrected chi connectivity index (χ2v) is 5.37. The molecule has 0 amide bonds. The van der Waals surface area contributed by atoms with Crippen LogP contribution in [0.5, 0.6) is 5.75 Å². The summed E-state index contributed by atoms with van der Waals surface area (Å²) in [6, 6.07) is 14.2. The van der Waals surface area contributed by atoms with Gasteiger partial charge in [0.15, 0.2) is 0 Å². The van der Waals surface area contributed by atoms with Crippen LogP contribution in [0.3, 0.4) is 0 Å². The van der Waals surface area contributed by atoms with E-state index in [4.69, 9.17) is 9.47 Å². The van der Waals surface area contributed by atoms with Crippen molar-refractivity contribution in [1.82, 2.24) is 0 Å². The fourth-order valence-corrected chi connectivity index (χ4v) is 2.74. The van der Waals surface area contributed by atoms with Gasteiger partial charge in [-0.05, 0) is 30.7 Å². The molecule has 2 aromatic rings. The van der Waals surface area contributed by atoms with Gasteiger partial charge >= 0.3 is 5.97 Å². The van der Waals surface area contributed by atoms with Crippen molar-refractivity contribution in [2.75, 3.05) is 7.11 Å². The number of methoxy groups -OCH3 is 1. The number of hydrogen-bond donors (Lipinski definition) is 0. The molecule has 0 aliphatic heterocycles. The molecule has 1 aliphatic carbocycles. The van der Waals surface area contributed by atoms with E-state index in [-0.39, 0.29) is 11.6 Å². The van der Waals surface area contributed by atoms with Crippen LogP contribution in [0.25, 0.3) is 10.8 Å². The molecule has 3 heteroatoms. The highest BCUT2D eigenvalue weighted by atomic mass is 16.5. The zero-order valence-electron chi connectivity index (χ0n) is 11.6. The lowest BCUT2D eigenvalue weighted by atomic mass is 9.77. The summed E-state index contributed by atoms with van der Waals surface area (Å²) >= 11 is 0. The molecule has 3 rings (SSSR count). The highest BCUT2D eigenvalue weighted by molar-refractivity contribution is 5.88. The maximum Gasteiger partial charge on any atom is 0.309 e. The van der Waals surface area contributed by atoms with Crippen molar-refractivity contribution in [2.45, 2.75) is 31.3 Å². The van der Waals surface area contributed by atoms with Crippen LogP contribution in [0.1, 0.15) is 25.7 Å². The first-order chi connectivity index (χ1) is 9.72. The second-order valence-electron chi connectivity index (χ2n) is 5.37. The topological polar surface area (TPSA) is 35.5 Å². The number of carbonyl (C=O) groups excluding carboxylic acids is 1. The van der Waals surface area contributed by atoms with Gasteiger partial charge in [-0.3, -0.25) is 4.79 Å². The normalized spacial score (nSPS) is 16.4. The lowest BCUT2D eigenvalue weighted by Gasteiger charge is -2.41. The highest BCUT2D eigenvalue weighted by Crippen LogP contribution is 2.41. The number of hydrogen-bond acceptors (Lipinski definition) is 3. The molecule has 0 N–H and O–H groups in total. The Balaban J connectivity index is 1.90. The van der Waals surface area contributed by atoms with Crippen LogP contribution in [0.15, 0.2) is 42.5 Å². The minimum atomic E-state index is -0.378. The zero-order chi connectivity index (χ0) is 14.0. The molecule has 1 aliphatic rings. The van der Waals surface area contributed by atoms with Gasteiger partial charge in [0, 0.05) is 5.39 Å². The van der Waals surface area contributed by atoms with E-state index in [1.54, 1.807) is 0 Å². The Morgan fingerprint density at radius 1 is 1.15 bits per heavy atom. The lowest BCUT2D eigenvalue weighted by Crippen LogP contribution is -2.45. The van der Waals surface area contributed by atoms with Crippen LogP contribution in [0.4, 0.5) is 0 Å². The fraction of sp³-hybridized carbons (Fsp3) is 0.353. The minimum Gasteiger partial charge on any atom is -0.486 e. The van der Waals surface area contributed by atoms with E-state index in [0.29, 0.717) is 6.42 Å². The Labute approximate surface area is 118 Å². The second kappa shape index (κ2) is 5.16. The predicted molar refractivity (Wildman–Crippen MR) is 77.8 cm³/mol. The molecule has 3 nitrogen and oxygen atoms in total. The molecule has 0 bridgehead atoms. The summed E-state index contributed by atoms with van der Waals surface area (Å²) in [5.41, 5.74) is -0.378. The summed E-state index contributed by atoms with van der Waals surface area (Å²) in [5, 5.41) is 2.24. The van der Waals surface area contributed by atoms with Gasteiger partial charge in [0.25, 0.3) is 0 Å². The molecule has 0 unspecified atom stereocenters. The SMILES string of the molecule is COC(=O)CC1(Oc2cccc3ccccc23)CCC1. The Morgan fingerprint density at radius 3 is 2.60 bits per heavy atom. The van der Waals surface area contributed by atoms with Crippen LogP contribution < -0.4 is 4.74 Å². The zero-order valence-corrected chi connectivity index (χ0v) is 11.6. The number of rotatable bonds is 4. The maximum atomic E-state index is 11.6. The molecule has 0 atom stereocenters. The minimum absolute atomic E-state index is 0.204. The van der Waals surface area contributed by atoms with Crippen molar-refractivity contribution in [2.24, 2.45) is 0 Å². The molecule has 0 radical (unpaired) electrons. The molecule has 20 heavy (non-hydrogen) atoms.